The fraction of sp³-hybridized carbons (Fsp3) is 0.200. The Hall–Kier alpha value is -3.68. The fourth-order valence-corrected chi connectivity index (χ4v) is 3.01. The number of carbonyl (C=O) groups excluding carboxylic acids is 1. The van der Waals surface area contributed by atoms with Crippen LogP contribution in [0.25, 0.3) is 22.4 Å². The highest BCUT2D eigenvalue weighted by atomic mass is 16.2. The summed E-state index contributed by atoms with van der Waals surface area (Å²) in [6.07, 6.45) is 5.17. The highest BCUT2D eigenvalue weighted by Crippen LogP contribution is 2.19. The van der Waals surface area contributed by atoms with E-state index in [1.165, 1.54) is 4.80 Å². The number of hydrogen-bond donors (Lipinski definition) is 1. The van der Waals surface area contributed by atoms with E-state index in [4.69, 9.17) is 0 Å². The molecule has 28 heavy (non-hydrogen) atoms. The second-order valence-electron chi connectivity index (χ2n) is 6.48. The van der Waals surface area contributed by atoms with E-state index in [0.29, 0.717) is 5.82 Å². The van der Waals surface area contributed by atoms with Gasteiger partial charge in [0.25, 0.3) is 0 Å². The van der Waals surface area contributed by atoms with Crippen LogP contribution in [-0.4, -0.2) is 35.9 Å². The molecule has 1 N–H and O–H groups in total. The van der Waals surface area contributed by atoms with E-state index in [0.717, 1.165) is 27.9 Å². The quantitative estimate of drug-likeness (QED) is 0.577. The van der Waals surface area contributed by atoms with Gasteiger partial charge in [0, 0.05) is 35.4 Å². The van der Waals surface area contributed by atoms with Crippen molar-refractivity contribution in [2.24, 2.45) is 0 Å². The first-order valence-electron chi connectivity index (χ1n) is 8.93. The van der Waals surface area contributed by atoms with Gasteiger partial charge in [-0.25, -0.2) is 9.97 Å². The zero-order chi connectivity index (χ0) is 19.5. The van der Waals surface area contributed by atoms with Crippen molar-refractivity contribution in [3.63, 3.8) is 0 Å². The Labute approximate surface area is 161 Å². The third kappa shape index (κ3) is 3.71. The molecule has 0 unspecified atom stereocenters. The summed E-state index contributed by atoms with van der Waals surface area (Å²) in [6, 6.07) is 11.0. The number of nitrogens with one attached hydrogen (secondary N) is 1. The van der Waals surface area contributed by atoms with Gasteiger partial charge in [-0.3, -0.25) is 9.78 Å². The lowest BCUT2D eigenvalue weighted by molar-refractivity contribution is -0.122. The van der Waals surface area contributed by atoms with E-state index < -0.39 is 0 Å². The number of amides is 1. The number of fused-ring (bicyclic) bond motifs is 1. The van der Waals surface area contributed by atoms with Gasteiger partial charge in [-0.05, 0) is 38.1 Å². The Morgan fingerprint density at radius 1 is 1.11 bits per heavy atom. The van der Waals surface area contributed by atoms with E-state index in [2.05, 4.69) is 30.5 Å². The van der Waals surface area contributed by atoms with Crippen molar-refractivity contribution in [1.29, 1.82) is 0 Å². The zero-order valence-electron chi connectivity index (χ0n) is 15.6. The molecule has 3 aromatic heterocycles. The van der Waals surface area contributed by atoms with Crippen LogP contribution in [0, 0.1) is 6.92 Å². The van der Waals surface area contributed by atoms with Gasteiger partial charge in [-0.15, -0.1) is 0 Å². The topological polar surface area (TPSA) is 98.5 Å². The predicted molar refractivity (Wildman–Crippen MR) is 104 cm³/mol. The van der Waals surface area contributed by atoms with Crippen molar-refractivity contribution >= 4 is 16.9 Å². The fourth-order valence-electron chi connectivity index (χ4n) is 3.01. The van der Waals surface area contributed by atoms with E-state index in [-0.39, 0.29) is 18.5 Å². The van der Waals surface area contributed by atoms with Crippen LogP contribution in [0.2, 0.25) is 0 Å². The molecule has 1 aromatic carbocycles. The maximum Gasteiger partial charge on any atom is 0.244 e. The number of hydrogen-bond acceptors (Lipinski definition) is 6. The van der Waals surface area contributed by atoms with E-state index >= 15 is 0 Å². The summed E-state index contributed by atoms with van der Waals surface area (Å²) < 4.78 is 0. The molecule has 0 spiro atoms. The van der Waals surface area contributed by atoms with Gasteiger partial charge in [-0.1, -0.05) is 12.1 Å². The Kier molecular flexibility index (Phi) is 4.76. The maximum atomic E-state index is 12.4. The number of rotatable bonds is 5. The van der Waals surface area contributed by atoms with Crippen molar-refractivity contribution in [2.75, 3.05) is 0 Å². The molecule has 0 radical (unpaired) electrons. The Bertz CT molecular complexity index is 1090. The summed E-state index contributed by atoms with van der Waals surface area (Å²) in [5.41, 5.74) is 4.11. The first-order valence-corrected chi connectivity index (χ1v) is 8.93. The Balaban J connectivity index is 1.45. The molecule has 1 atom stereocenters. The van der Waals surface area contributed by atoms with Gasteiger partial charge in [0.05, 0.1) is 6.04 Å². The SMILES string of the molecule is Cc1nc(-c2ccncc2)ncc1[C@@H](C)NC(=O)Cn1nc2ccccc2n1. The second-order valence-corrected chi connectivity index (χ2v) is 6.48. The summed E-state index contributed by atoms with van der Waals surface area (Å²) in [5, 5.41) is 11.6. The van der Waals surface area contributed by atoms with Gasteiger partial charge in [0.1, 0.15) is 17.6 Å². The van der Waals surface area contributed by atoms with Crippen LogP contribution in [-0.2, 0) is 11.3 Å². The molecule has 0 aliphatic rings. The van der Waals surface area contributed by atoms with E-state index in [9.17, 15) is 4.79 Å². The molecule has 4 aromatic rings. The Morgan fingerprint density at radius 3 is 2.43 bits per heavy atom. The van der Waals surface area contributed by atoms with Gasteiger partial charge < -0.3 is 5.32 Å². The molecule has 4 rings (SSSR count). The van der Waals surface area contributed by atoms with Crippen LogP contribution >= 0.6 is 0 Å². The van der Waals surface area contributed by atoms with Crippen LogP contribution in [0.1, 0.15) is 24.2 Å². The second kappa shape index (κ2) is 7.51. The number of benzene rings is 1. The first-order chi connectivity index (χ1) is 13.6. The van der Waals surface area contributed by atoms with Gasteiger partial charge in [0.15, 0.2) is 5.82 Å². The summed E-state index contributed by atoms with van der Waals surface area (Å²) in [6.45, 7) is 3.86. The highest BCUT2D eigenvalue weighted by Gasteiger charge is 2.15. The van der Waals surface area contributed by atoms with Crippen molar-refractivity contribution in [3.8, 4) is 11.4 Å². The third-order valence-corrected chi connectivity index (χ3v) is 4.41. The molecule has 0 saturated carbocycles. The number of aromatic nitrogens is 6. The summed E-state index contributed by atoms with van der Waals surface area (Å²) in [4.78, 5) is 26.8. The molecule has 0 saturated heterocycles. The average molecular weight is 373 g/mol. The molecule has 1 amide bonds. The average Bonchev–Trinajstić information content (AvgIpc) is 3.10. The summed E-state index contributed by atoms with van der Waals surface area (Å²) >= 11 is 0. The van der Waals surface area contributed by atoms with Crippen molar-refractivity contribution in [3.05, 3.63) is 66.2 Å². The van der Waals surface area contributed by atoms with Crippen molar-refractivity contribution < 1.29 is 4.79 Å². The lowest BCUT2D eigenvalue weighted by Crippen LogP contribution is -2.31. The minimum Gasteiger partial charge on any atom is -0.348 e. The van der Waals surface area contributed by atoms with Crippen molar-refractivity contribution in [1.82, 2.24) is 35.3 Å². The molecule has 0 bridgehead atoms. The number of carbonyl (C=O) groups is 1. The Morgan fingerprint density at radius 2 is 1.79 bits per heavy atom. The molecule has 8 nitrogen and oxygen atoms in total. The van der Waals surface area contributed by atoms with Crippen LogP contribution in [0.3, 0.4) is 0 Å². The molecule has 140 valence electrons. The molecular weight excluding hydrogens is 354 g/mol. The number of aryl methyl sites for hydroxylation is 1. The van der Waals surface area contributed by atoms with E-state index in [1.54, 1.807) is 18.6 Å². The monoisotopic (exact) mass is 373 g/mol. The molecule has 0 fully saturated rings. The van der Waals surface area contributed by atoms with E-state index in [1.807, 2.05) is 50.2 Å². The van der Waals surface area contributed by atoms with Crippen LogP contribution in [0.4, 0.5) is 0 Å². The minimum atomic E-state index is -0.232. The molecule has 8 heteroatoms. The standard InChI is InChI=1S/C20H19N7O/c1-13(16-11-22-20(24-14(16)2)15-7-9-21-10-8-15)23-19(28)12-27-25-17-5-3-4-6-18(17)26-27/h3-11,13H,12H2,1-2H3,(H,23,28)/t13-/m1/s1. The molecule has 3 heterocycles. The normalized spacial score (nSPS) is 12.1. The van der Waals surface area contributed by atoms with Gasteiger partial charge in [0.2, 0.25) is 5.91 Å². The zero-order valence-corrected chi connectivity index (χ0v) is 15.6. The van der Waals surface area contributed by atoms with Gasteiger partial charge >= 0.3 is 0 Å². The van der Waals surface area contributed by atoms with Crippen LogP contribution in [0.15, 0.2) is 55.0 Å². The molecule has 0 aliphatic carbocycles. The van der Waals surface area contributed by atoms with Crippen LogP contribution < -0.4 is 5.32 Å². The predicted octanol–water partition coefficient (Wildman–Crippen LogP) is 2.47. The smallest absolute Gasteiger partial charge is 0.244 e. The lowest BCUT2D eigenvalue weighted by Gasteiger charge is -2.16. The summed E-state index contributed by atoms with van der Waals surface area (Å²) in [5.74, 6) is 0.458. The number of nitrogens with zero attached hydrogens (tertiary/aromatic N) is 6. The van der Waals surface area contributed by atoms with Crippen molar-refractivity contribution in [2.45, 2.75) is 26.4 Å². The summed E-state index contributed by atoms with van der Waals surface area (Å²) in [7, 11) is 0. The van der Waals surface area contributed by atoms with Gasteiger partial charge in [-0.2, -0.15) is 15.0 Å². The maximum absolute atomic E-state index is 12.4. The highest BCUT2D eigenvalue weighted by molar-refractivity contribution is 5.77. The largest absolute Gasteiger partial charge is 0.348 e. The molecule has 0 aliphatic heterocycles. The third-order valence-electron chi connectivity index (χ3n) is 4.41. The molecular formula is C20H19N7O. The first kappa shape index (κ1) is 17.7. The minimum absolute atomic E-state index is 0.0496. The number of pyridine rings is 1. The van der Waals surface area contributed by atoms with Crippen LogP contribution in [0.5, 0.6) is 0 Å². The lowest BCUT2D eigenvalue weighted by atomic mass is 10.1.